The molecule has 1 aliphatic rings. The van der Waals surface area contributed by atoms with E-state index in [1.165, 1.54) is 0 Å². The molecule has 0 aliphatic carbocycles. The van der Waals surface area contributed by atoms with Gasteiger partial charge in [-0.15, -0.1) is 0 Å². The summed E-state index contributed by atoms with van der Waals surface area (Å²) in [6, 6.07) is 0. The third-order valence-corrected chi connectivity index (χ3v) is 1.97. The zero-order valence-electron chi connectivity index (χ0n) is 7.86. The lowest BCUT2D eigenvalue weighted by molar-refractivity contribution is 0.0253. The van der Waals surface area contributed by atoms with Gasteiger partial charge in [-0.05, 0) is 0 Å². The molecule has 0 radical (unpaired) electrons. The fourth-order valence-corrected chi connectivity index (χ4v) is 1.16. The maximum Gasteiger partial charge on any atom is 0.407 e. The van der Waals surface area contributed by atoms with Crippen LogP contribution in [0.25, 0.3) is 0 Å². The van der Waals surface area contributed by atoms with Crippen molar-refractivity contribution in [2.45, 2.75) is 12.0 Å². The van der Waals surface area contributed by atoms with E-state index in [0.29, 0.717) is 13.0 Å². The summed E-state index contributed by atoms with van der Waals surface area (Å²) in [6.45, 7) is 0.593. The number of rotatable bonds is 4. The number of aliphatic hydroxyl groups excluding tert-OH is 1. The Kier molecular flexibility index (Phi) is 4.12. The van der Waals surface area contributed by atoms with Crippen LogP contribution in [0.4, 0.5) is 4.79 Å². The maximum absolute atomic E-state index is 10.9. The molecule has 0 saturated carbocycles. The number of carbonyl (C=O) groups excluding carboxylic acids is 1. The fourth-order valence-electron chi connectivity index (χ4n) is 1.16. The van der Waals surface area contributed by atoms with Crippen molar-refractivity contribution in [1.82, 2.24) is 5.32 Å². The first-order valence-electron chi connectivity index (χ1n) is 4.48. The Morgan fingerprint density at radius 2 is 2.43 bits per heavy atom. The van der Waals surface area contributed by atoms with Gasteiger partial charge < -0.3 is 25.0 Å². The van der Waals surface area contributed by atoms with Crippen molar-refractivity contribution in [3.8, 4) is 0 Å². The van der Waals surface area contributed by atoms with Crippen LogP contribution in [0.15, 0.2) is 0 Å². The van der Waals surface area contributed by atoms with Crippen LogP contribution in [0.2, 0.25) is 0 Å². The number of aliphatic hydroxyl groups is 2. The molecule has 14 heavy (non-hydrogen) atoms. The SMILES string of the molecule is O=C(NCC1(O)CCOC1)OCCO. The topological polar surface area (TPSA) is 88.0 Å². The minimum atomic E-state index is -0.974. The van der Waals surface area contributed by atoms with Crippen molar-refractivity contribution in [2.24, 2.45) is 0 Å². The number of hydrogen-bond acceptors (Lipinski definition) is 5. The van der Waals surface area contributed by atoms with Crippen LogP contribution in [0, 0.1) is 0 Å². The lowest BCUT2D eigenvalue weighted by atomic mass is 10.0. The third kappa shape index (κ3) is 3.49. The molecule has 0 bridgehead atoms. The highest BCUT2D eigenvalue weighted by Gasteiger charge is 2.32. The predicted molar refractivity (Wildman–Crippen MR) is 46.8 cm³/mol. The van der Waals surface area contributed by atoms with Crippen LogP contribution >= 0.6 is 0 Å². The summed E-state index contributed by atoms with van der Waals surface area (Å²) >= 11 is 0. The summed E-state index contributed by atoms with van der Waals surface area (Å²) in [5.41, 5.74) is -0.974. The summed E-state index contributed by atoms with van der Waals surface area (Å²) < 4.78 is 9.54. The number of nitrogens with one attached hydrogen (secondary N) is 1. The summed E-state index contributed by atoms with van der Waals surface area (Å²) in [7, 11) is 0. The molecule has 6 heteroatoms. The largest absolute Gasteiger partial charge is 0.447 e. The standard InChI is InChI=1S/C8H15NO5/c10-2-4-14-7(11)9-5-8(12)1-3-13-6-8/h10,12H,1-6H2,(H,9,11). The maximum atomic E-state index is 10.9. The molecular formula is C8H15NO5. The number of carbonyl (C=O) groups is 1. The molecule has 1 unspecified atom stereocenters. The summed E-state index contributed by atoms with van der Waals surface area (Å²) in [5, 5.41) is 20.5. The molecule has 1 atom stereocenters. The highest BCUT2D eigenvalue weighted by atomic mass is 16.6. The van der Waals surface area contributed by atoms with E-state index in [4.69, 9.17) is 9.84 Å². The molecule has 1 fully saturated rings. The molecule has 1 rings (SSSR count). The van der Waals surface area contributed by atoms with Gasteiger partial charge in [0.1, 0.15) is 12.2 Å². The van der Waals surface area contributed by atoms with Crippen molar-refractivity contribution < 1.29 is 24.5 Å². The Bertz CT molecular complexity index is 190. The fraction of sp³-hybridized carbons (Fsp3) is 0.875. The van der Waals surface area contributed by atoms with Crippen LogP contribution in [0.3, 0.4) is 0 Å². The molecule has 0 aromatic rings. The second-order valence-corrected chi connectivity index (χ2v) is 3.24. The van der Waals surface area contributed by atoms with Gasteiger partial charge >= 0.3 is 6.09 Å². The number of hydrogen-bond donors (Lipinski definition) is 3. The third-order valence-electron chi connectivity index (χ3n) is 1.97. The Morgan fingerprint density at radius 1 is 1.64 bits per heavy atom. The van der Waals surface area contributed by atoms with Gasteiger partial charge in [-0.2, -0.15) is 0 Å². The first kappa shape index (κ1) is 11.2. The lowest BCUT2D eigenvalue weighted by Gasteiger charge is -2.20. The van der Waals surface area contributed by atoms with Gasteiger partial charge in [0.15, 0.2) is 0 Å². The Labute approximate surface area is 81.8 Å². The number of amides is 1. The van der Waals surface area contributed by atoms with Gasteiger partial charge in [-0.3, -0.25) is 0 Å². The predicted octanol–water partition coefficient (Wildman–Crippen LogP) is -1.14. The average molecular weight is 205 g/mol. The molecule has 1 amide bonds. The number of ether oxygens (including phenoxy) is 2. The van der Waals surface area contributed by atoms with Crippen molar-refractivity contribution in [3.05, 3.63) is 0 Å². The second kappa shape index (κ2) is 5.14. The van der Waals surface area contributed by atoms with E-state index in [1.54, 1.807) is 0 Å². The van der Waals surface area contributed by atoms with E-state index in [1.807, 2.05) is 0 Å². The number of alkyl carbamates (subject to hydrolysis) is 1. The minimum Gasteiger partial charge on any atom is -0.447 e. The molecule has 0 aromatic heterocycles. The van der Waals surface area contributed by atoms with Gasteiger partial charge in [0.25, 0.3) is 0 Å². The van der Waals surface area contributed by atoms with Crippen LogP contribution in [-0.2, 0) is 9.47 Å². The highest BCUT2D eigenvalue weighted by Crippen LogP contribution is 2.16. The zero-order valence-corrected chi connectivity index (χ0v) is 7.86. The van der Waals surface area contributed by atoms with Gasteiger partial charge in [0.05, 0.1) is 19.8 Å². The average Bonchev–Trinajstić information content (AvgIpc) is 2.60. The van der Waals surface area contributed by atoms with E-state index in [0.717, 1.165) is 0 Å². The minimum absolute atomic E-state index is 0.0409. The first-order chi connectivity index (χ1) is 6.66. The van der Waals surface area contributed by atoms with Crippen molar-refractivity contribution in [1.29, 1.82) is 0 Å². The van der Waals surface area contributed by atoms with Crippen LogP contribution in [0.1, 0.15) is 6.42 Å². The summed E-state index contributed by atoms with van der Waals surface area (Å²) in [6.07, 6.45) is -0.132. The monoisotopic (exact) mass is 205 g/mol. The van der Waals surface area contributed by atoms with E-state index in [2.05, 4.69) is 10.1 Å². The van der Waals surface area contributed by atoms with Gasteiger partial charge in [0.2, 0.25) is 0 Å². The van der Waals surface area contributed by atoms with Crippen molar-refractivity contribution in [3.63, 3.8) is 0 Å². The van der Waals surface area contributed by atoms with E-state index < -0.39 is 11.7 Å². The molecular weight excluding hydrogens is 190 g/mol. The first-order valence-corrected chi connectivity index (χ1v) is 4.48. The van der Waals surface area contributed by atoms with E-state index >= 15 is 0 Å². The molecule has 1 aliphatic heterocycles. The van der Waals surface area contributed by atoms with E-state index in [-0.39, 0.29) is 26.4 Å². The van der Waals surface area contributed by atoms with Crippen LogP contribution < -0.4 is 5.32 Å². The Hall–Kier alpha value is -0.850. The van der Waals surface area contributed by atoms with Crippen LogP contribution in [-0.4, -0.2) is 54.9 Å². The quantitative estimate of drug-likeness (QED) is 0.539. The Balaban J connectivity index is 2.15. The smallest absolute Gasteiger partial charge is 0.407 e. The molecule has 6 nitrogen and oxygen atoms in total. The van der Waals surface area contributed by atoms with Crippen molar-refractivity contribution in [2.75, 3.05) is 33.0 Å². The lowest BCUT2D eigenvalue weighted by Crippen LogP contribution is -2.43. The van der Waals surface area contributed by atoms with Gasteiger partial charge in [-0.1, -0.05) is 0 Å². The van der Waals surface area contributed by atoms with Crippen molar-refractivity contribution >= 4 is 6.09 Å². The highest BCUT2D eigenvalue weighted by molar-refractivity contribution is 5.67. The molecule has 0 spiro atoms. The van der Waals surface area contributed by atoms with E-state index in [9.17, 15) is 9.90 Å². The molecule has 3 N–H and O–H groups in total. The molecule has 1 heterocycles. The van der Waals surface area contributed by atoms with Crippen LogP contribution in [0.5, 0.6) is 0 Å². The van der Waals surface area contributed by atoms with Gasteiger partial charge in [-0.25, -0.2) is 4.79 Å². The molecule has 82 valence electrons. The second-order valence-electron chi connectivity index (χ2n) is 3.24. The normalized spacial score (nSPS) is 26.1. The van der Waals surface area contributed by atoms with Gasteiger partial charge in [0, 0.05) is 13.0 Å². The molecule has 0 aromatic carbocycles. The summed E-state index contributed by atoms with van der Waals surface area (Å²) in [5.74, 6) is 0. The summed E-state index contributed by atoms with van der Waals surface area (Å²) in [4.78, 5) is 10.9. The Morgan fingerprint density at radius 3 is 3.00 bits per heavy atom. The zero-order chi connectivity index (χ0) is 10.4. The molecule has 1 saturated heterocycles.